The summed E-state index contributed by atoms with van der Waals surface area (Å²) in [6.45, 7) is 7.80. The Labute approximate surface area is 209 Å². The van der Waals surface area contributed by atoms with Crippen LogP contribution in [-0.2, 0) is 0 Å². The van der Waals surface area contributed by atoms with Gasteiger partial charge in [0.1, 0.15) is 23.3 Å². The van der Waals surface area contributed by atoms with Crippen LogP contribution in [0.25, 0.3) is 16.6 Å². The third-order valence-corrected chi connectivity index (χ3v) is 6.61. The van der Waals surface area contributed by atoms with Crippen molar-refractivity contribution in [1.29, 1.82) is 5.26 Å². The van der Waals surface area contributed by atoms with E-state index in [-0.39, 0.29) is 23.0 Å². The highest BCUT2D eigenvalue weighted by Crippen LogP contribution is 2.34. The van der Waals surface area contributed by atoms with Crippen LogP contribution in [0.1, 0.15) is 57.0 Å². The summed E-state index contributed by atoms with van der Waals surface area (Å²) in [5.74, 6) is 6.63. The molecule has 2 heterocycles. The first-order valence-corrected chi connectivity index (χ1v) is 11.7. The number of aromatic nitrogens is 4. The predicted molar refractivity (Wildman–Crippen MR) is 142 cm³/mol. The summed E-state index contributed by atoms with van der Waals surface area (Å²) in [7, 11) is 0. The van der Waals surface area contributed by atoms with E-state index in [4.69, 9.17) is 10.7 Å². The van der Waals surface area contributed by atoms with Crippen LogP contribution in [-0.4, -0.2) is 25.1 Å². The highest BCUT2D eigenvalue weighted by molar-refractivity contribution is 5.84. The SMILES string of the molecule is CC#Cc1cccc2nc(C(C)C(C)(CC)Nc3nc(N)ncc3C#N)n(-c3ccccc3)c(=O)c12. The molecular weight excluding hydrogens is 450 g/mol. The smallest absolute Gasteiger partial charge is 0.267 e. The van der Waals surface area contributed by atoms with E-state index in [0.717, 1.165) is 0 Å². The van der Waals surface area contributed by atoms with Crippen LogP contribution in [0, 0.1) is 23.2 Å². The fraction of sp³-hybridized carbons (Fsp3) is 0.250. The molecule has 8 heteroatoms. The minimum Gasteiger partial charge on any atom is -0.368 e. The van der Waals surface area contributed by atoms with Crippen molar-refractivity contribution in [3.05, 3.63) is 82.0 Å². The highest BCUT2D eigenvalue weighted by Gasteiger charge is 2.35. The Morgan fingerprint density at radius 1 is 1.14 bits per heavy atom. The number of hydrogen-bond acceptors (Lipinski definition) is 7. The second-order valence-corrected chi connectivity index (χ2v) is 8.74. The molecule has 2 atom stereocenters. The van der Waals surface area contributed by atoms with E-state index in [1.54, 1.807) is 11.5 Å². The molecular formula is C28H27N7O. The van der Waals surface area contributed by atoms with E-state index in [1.807, 2.05) is 69.3 Å². The molecule has 0 amide bonds. The molecule has 36 heavy (non-hydrogen) atoms. The monoisotopic (exact) mass is 477 g/mol. The van der Waals surface area contributed by atoms with Gasteiger partial charge in [-0.05, 0) is 44.5 Å². The number of nitrogen functional groups attached to an aromatic ring is 1. The van der Waals surface area contributed by atoms with Gasteiger partial charge in [0.2, 0.25) is 5.95 Å². The van der Waals surface area contributed by atoms with E-state index >= 15 is 0 Å². The van der Waals surface area contributed by atoms with Crippen LogP contribution in [0.2, 0.25) is 0 Å². The maximum Gasteiger partial charge on any atom is 0.267 e. The van der Waals surface area contributed by atoms with Gasteiger partial charge in [-0.25, -0.2) is 9.97 Å². The summed E-state index contributed by atoms with van der Waals surface area (Å²) in [4.78, 5) is 27.2. The van der Waals surface area contributed by atoms with Crippen LogP contribution >= 0.6 is 0 Å². The number of nitriles is 1. The second-order valence-electron chi connectivity index (χ2n) is 8.74. The summed E-state index contributed by atoms with van der Waals surface area (Å²) < 4.78 is 1.66. The van der Waals surface area contributed by atoms with Gasteiger partial charge in [-0.1, -0.05) is 44.0 Å². The van der Waals surface area contributed by atoms with Gasteiger partial charge in [-0.2, -0.15) is 10.2 Å². The molecule has 0 spiro atoms. The Morgan fingerprint density at radius 2 is 1.89 bits per heavy atom. The van der Waals surface area contributed by atoms with Crippen LogP contribution in [0.5, 0.6) is 0 Å². The van der Waals surface area contributed by atoms with E-state index in [0.29, 0.717) is 40.2 Å². The highest BCUT2D eigenvalue weighted by atomic mass is 16.1. The molecule has 0 aliphatic rings. The molecule has 3 N–H and O–H groups in total. The van der Waals surface area contributed by atoms with Crippen LogP contribution < -0.4 is 16.6 Å². The standard InChI is InChI=1S/C28H27N7O/c1-5-11-19-12-10-15-22-23(19)26(36)35(21-13-8-7-9-14-21)25(32-22)18(3)28(4,6-2)34-24-20(16-29)17-31-27(30)33-24/h7-10,12-15,17-18H,6H2,1-4H3,(H3,30,31,33,34). The zero-order valence-electron chi connectivity index (χ0n) is 20.7. The fourth-order valence-corrected chi connectivity index (χ4v) is 4.23. The molecule has 2 aromatic heterocycles. The van der Waals surface area contributed by atoms with E-state index in [1.165, 1.54) is 6.20 Å². The maximum atomic E-state index is 14.0. The molecule has 0 bridgehead atoms. The zero-order valence-corrected chi connectivity index (χ0v) is 20.7. The molecule has 2 unspecified atom stereocenters. The van der Waals surface area contributed by atoms with Crippen molar-refractivity contribution in [3.8, 4) is 23.6 Å². The number of fused-ring (bicyclic) bond motifs is 1. The minimum absolute atomic E-state index is 0.0668. The Bertz CT molecular complexity index is 1590. The van der Waals surface area contributed by atoms with Gasteiger partial charge in [0.05, 0.1) is 22.8 Å². The Morgan fingerprint density at radius 3 is 2.56 bits per heavy atom. The fourth-order valence-electron chi connectivity index (χ4n) is 4.23. The number of anilines is 2. The molecule has 180 valence electrons. The number of para-hydroxylation sites is 1. The van der Waals surface area contributed by atoms with Gasteiger partial charge < -0.3 is 11.1 Å². The van der Waals surface area contributed by atoms with Gasteiger partial charge in [0.25, 0.3) is 5.56 Å². The number of rotatable bonds is 6. The Kier molecular flexibility index (Phi) is 6.71. The number of benzene rings is 2. The molecule has 4 aromatic rings. The molecule has 0 saturated heterocycles. The summed E-state index contributed by atoms with van der Waals surface area (Å²) in [5, 5.41) is 13.5. The molecule has 0 aliphatic carbocycles. The Hall–Kier alpha value is -4.69. The first-order chi connectivity index (χ1) is 17.3. The van der Waals surface area contributed by atoms with Crippen LogP contribution in [0.3, 0.4) is 0 Å². The van der Waals surface area contributed by atoms with Gasteiger partial charge in [0, 0.05) is 17.0 Å². The third-order valence-electron chi connectivity index (χ3n) is 6.61. The lowest BCUT2D eigenvalue weighted by Gasteiger charge is -2.37. The summed E-state index contributed by atoms with van der Waals surface area (Å²) in [5.41, 5.74) is 7.20. The summed E-state index contributed by atoms with van der Waals surface area (Å²) in [6, 6.07) is 17.1. The van der Waals surface area contributed by atoms with Crippen molar-refractivity contribution in [2.75, 3.05) is 11.1 Å². The number of nitrogens with zero attached hydrogens (tertiary/aromatic N) is 5. The van der Waals surface area contributed by atoms with Crippen LogP contribution in [0.4, 0.5) is 11.8 Å². The van der Waals surface area contributed by atoms with Crippen molar-refractivity contribution in [2.45, 2.75) is 45.6 Å². The molecule has 0 saturated carbocycles. The predicted octanol–water partition coefficient (Wildman–Crippen LogP) is 4.39. The summed E-state index contributed by atoms with van der Waals surface area (Å²) >= 11 is 0. The largest absolute Gasteiger partial charge is 0.368 e. The zero-order chi connectivity index (χ0) is 25.9. The maximum absolute atomic E-state index is 14.0. The van der Waals surface area contributed by atoms with E-state index < -0.39 is 5.54 Å². The normalized spacial score (nSPS) is 13.2. The average Bonchev–Trinajstić information content (AvgIpc) is 2.89. The first-order valence-electron chi connectivity index (χ1n) is 11.7. The molecule has 4 rings (SSSR count). The lowest BCUT2D eigenvalue weighted by Crippen LogP contribution is -2.43. The summed E-state index contributed by atoms with van der Waals surface area (Å²) in [6.07, 6.45) is 2.04. The lowest BCUT2D eigenvalue weighted by atomic mass is 9.83. The second kappa shape index (κ2) is 9.89. The van der Waals surface area contributed by atoms with E-state index in [9.17, 15) is 10.1 Å². The van der Waals surface area contributed by atoms with Crippen molar-refractivity contribution >= 4 is 22.7 Å². The third kappa shape index (κ3) is 4.37. The number of nitrogens with one attached hydrogen (secondary N) is 1. The van der Waals surface area contributed by atoms with Crippen molar-refractivity contribution < 1.29 is 0 Å². The lowest BCUT2D eigenvalue weighted by molar-refractivity contribution is 0.398. The average molecular weight is 478 g/mol. The van der Waals surface area contributed by atoms with Crippen molar-refractivity contribution in [3.63, 3.8) is 0 Å². The topological polar surface area (TPSA) is 123 Å². The first kappa shape index (κ1) is 24.4. The molecule has 0 aliphatic heterocycles. The molecule has 8 nitrogen and oxygen atoms in total. The number of nitrogens with two attached hydrogens (primary N) is 1. The molecule has 0 radical (unpaired) electrons. The van der Waals surface area contributed by atoms with Gasteiger partial charge in [-0.15, -0.1) is 5.92 Å². The minimum atomic E-state index is -0.642. The molecule has 2 aromatic carbocycles. The van der Waals surface area contributed by atoms with Crippen molar-refractivity contribution in [2.24, 2.45) is 0 Å². The molecule has 0 fully saturated rings. The van der Waals surface area contributed by atoms with Gasteiger partial charge in [0.15, 0.2) is 0 Å². The van der Waals surface area contributed by atoms with Crippen LogP contribution in [0.15, 0.2) is 59.5 Å². The quantitative estimate of drug-likeness (QED) is 0.395. The van der Waals surface area contributed by atoms with E-state index in [2.05, 4.69) is 33.2 Å². The van der Waals surface area contributed by atoms with Gasteiger partial charge in [-0.3, -0.25) is 9.36 Å². The Balaban J connectivity index is 1.97. The van der Waals surface area contributed by atoms with Gasteiger partial charge >= 0.3 is 0 Å². The number of hydrogen-bond donors (Lipinski definition) is 2. The van der Waals surface area contributed by atoms with Crippen molar-refractivity contribution in [1.82, 2.24) is 19.5 Å².